The van der Waals surface area contributed by atoms with Gasteiger partial charge in [-0.05, 0) is 49.8 Å². The van der Waals surface area contributed by atoms with Crippen molar-refractivity contribution in [3.05, 3.63) is 33.8 Å². The van der Waals surface area contributed by atoms with E-state index in [1.807, 2.05) is 0 Å². The van der Waals surface area contributed by atoms with Gasteiger partial charge in [0.15, 0.2) is 0 Å². The van der Waals surface area contributed by atoms with Gasteiger partial charge in [0.1, 0.15) is 0 Å². The molecule has 0 spiro atoms. The molecule has 1 saturated carbocycles. The van der Waals surface area contributed by atoms with Crippen molar-refractivity contribution in [1.29, 1.82) is 0 Å². The van der Waals surface area contributed by atoms with Crippen LogP contribution in [0.2, 0.25) is 10.0 Å². The molecule has 1 aromatic carbocycles. The quantitative estimate of drug-likeness (QED) is 0.731. The maximum atomic E-state index is 12.4. The fourth-order valence-electron chi connectivity index (χ4n) is 2.56. The van der Waals surface area contributed by atoms with Gasteiger partial charge in [0.05, 0.1) is 15.6 Å². The lowest BCUT2D eigenvalue weighted by Gasteiger charge is -2.39. The maximum absolute atomic E-state index is 12.4. The van der Waals surface area contributed by atoms with Crippen molar-refractivity contribution in [3.8, 4) is 0 Å². The summed E-state index contributed by atoms with van der Waals surface area (Å²) in [6.45, 7) is 2.26. The zero-order chi connectivity index (χ0) is 14.8. The van der Waals surface area contributed by atoms with Gasteiger partial charge >= 0.3 is 0 Å². The summed E-state index contributed by atoms with van der Waals surface area (Å²) in [5.41, 5.74) is 0.411. The maximum Gasteiger partial charge on any atom is 0.251 e. The highest BCUT2D eigenvalue weighted by molar-refractivity contribution is 9.09. The Bertz CT molecular complexity index is 499. The first-order chi connectivity index (χ1) is 9.46. The monoisotopic (exact) mass is 377 g/mol. The van der Waals surface area contributed by atoms with Gasteiger partial charge in [0, 0.05) is 10.9 Å². The van der Waals surface area contributed by atoms with Crippen LogP contribution in [0.15, 0.2) is 18.2 Å². The zero-order valence-electron chi connectivity index (χ0n) is 11.4. The van der Waals surface area contributed by atoms with Crippen LogP contribution in [0.4, 0.5) is 0 Å². The summed E-state index contributed by atoms with van der Waals surface area (Å²) in [5, 5.41) is 4.83. The number of nitrogens with one attached hydrogen (secondary N) is 1. The third-order valence-corrected chi connectivity index (χ3v) is 5.86. The molecule has 1 aliphatic rings. The molecule has 2 rings (SSSR count). The second-order valence-corrected chi connectivity index (χ2v) is 7.05. The topological polar surface area (TPSA) is 29.1 Å². The van der Waals surface area contributed by atoms with E-state index in [9.17, 15) is 4.79 Å². The predicted molar refractivity (Wildman–Crippen MR) is 88.1 cm³/mol. The van der Waals surface area contributed by atoms with E-state index in [1.165, 1.54) is 0 Å². The molecule has 1 aliphatic carbocycles. The Labute approximate surface area is 138 Å². The van der Waals surface area contributed by atoms with Crippen molar-refractivity contribution in [2.45, 2.75) is 38.1 Å². The first-order valence-electron chi connectivity index (χ1n) is 6.79. The molecule has 1 aromatic rings. The predicted octanol–water partition coefficient (Wildman–Crippen LogP) is 5.07. The number of carbonyl (C=O) groups is 1. The molecular formula is C15H18BrCl2NO. The van der Waals surface area contributed by atoms with Gasteiger partial charge in [-0.2, -0.15) is 0 Å². The van der Waals surface area contributed by atoms with Crippen LogP contribution in [0.25, 0.3) is 0 Å². The summed E-state index contributed by atoms with van der Waals surface area (Å²) in [4.78, 5) is 12.4. The third-order valence-electron chi connectivity index (χ3n) is 4.05. The van der Waals surface area contributed by atoms with Gasteiger partial charge in [-0.15, -0.1) is 0 Å². The van der Waals surface area contributed by atoms with Crippen LogP contribution >= 0.6 is 39.1 Å². The van der Waals surface area contributed by atoms with E-state index < -0.39 is 0 Å². The zero-order valence-corrected chi connectivity index (χ0v) is 14.5. The van der Waals surface area contributed by atoms with E-state index >= 15 is 0 Å². The molecular weight excluding hydrogens is 361 g/mol. The summed E-state index contributed by atoms with van der Waals surface area (Å²) in [6.07, 6.45) is 4.31. The number of alkyl halides is 1. The molecule has 0 radical (unpaired) electrons. The molecule has 0 aromatic heterocycles. The number of carbonyl (C=O) groups excluding carboxylic acids is 1. The number of amides is 1. The number of halogens is 3. The lowest BCUT2D eigenvalue weighted by molar-refractivity contribution is 0.0874. The summed E-state index contributed by atoms with van der Waals surface area (Å²) in [7, 11) is 0. The van der Waals surface area contributed by atoms with E-state index in [1.54, 1.807) is 18.2 Å². The van der Waals surface area contributed by atoms with Gasteiger partial charge < -0.3 is 5.32 Å². The molecule has 0 saturated heterocycles. The highest BCUT2D eigenvalue weighted by Gasteiger charge is 2.34. The molecule has 2 nitrogen and oxygen atoms in total. The van der Waals surface area contributed by atoms with E-state index in [2.05, 4.69) is 28.2 Å². The van der Waals surface area contributed by atoms with Gasteiger partial charge in [0.25, 0.3) is 5.91 Å². The van der Waals surface area contributed by atoms with Crippen LogP contribution < -0.4 is 5.32 Å². The fraction of sp³-hybridized carbons (Fsp3) is 0.533. The van der Waals surface area contributed by atoms with E-state index in [0.717, 1.165) is 36.9 Å². The summed E-state index contributed by atoms with van der Waals surface area (Å²) < 4.78 is 0. The Hall–Kier alpha value is -0.250. The highest BCUT2D eigenvalue weighted by Crippen LogP contribution is 2.33. The Balaban J connectivity index is 2.11. The summed E-state index contributed by atoms with van der Waals surface area (Å²) in [5.74, 6) is 0.654. The lowest BCUT2D eigenvalue weighted by Crippen LogP contribution is -2.52. The lowest BCUT2D eigenvalue weighted by atomic mass is 9.78. The van der Waals surface area contributed by atoms with Crippen LogP contribution in [0.3, 0.4) is 0 Å². The van der Waals surface area contributed by atoms with Crippen molar-refractivity contribution in [1.82, 2.24) is 5.32 Å². The van der Waals surface area contributed by atoms with Crippen molar-refractivity contribution in [2.75, 3.05) is 5.33 Å². The number of rotatable bonds is 3. The van der Waals surface area contributed by atoms with Gasteiger partial charge in [-0.25, -0.2) is 0 Å². The molecule has 0 bridgehead atoms. The summed E-state index contributed by atoms with van der Waals surface area (Å²) in [6, 6.07) is 4.98. The molecule has 20 heavy (non-hydrogen) atoms. The average Bonchev–Trinajstić information content (AvgIpc) is 2.44. The average molecular weight is 379 g/mol. The molecule has 110 valence electrons. The normalized spacial score (nSPS) is 26.3. The summed E-state index contributed by atoms with van der Waals surface area (Å²) >= 11 is 15.4. The van der Waals surface area contributed by atoms with Crippen molar-refractivity contribution in [2.24, 2.45) is 5.92 Å². The second-order valence-electron chi connectivity index (χ2n) is 5.68. The van der Waals surface area contributed by atoms with Gasteiger partial charge in [-0.3, -0.25) is 4.79 Å². The van der Waals surface area contributed by atoms with Crippen molar-refractivity contribution in [3.63, 3.8) is 0 Å². The first kappa shape index (κ1) is 16.1. The molecule has 0 unspecified atom stereocenters. The van der Waals surface area contributed by atoms with Crippen molar-refractivity contribution >= 4 is 45.0 Å². The molecule has 0 heterocycles. The number of benzene rings is 1. The Morgan fingerprint density at radius 3 is 2.55 bits per heavy atom. The standard InChI is InChI=1S/C15H18BrCl2NO/c1-10-4-6-15(9-16,7-5-10)19-14(20)11-2-3-12(17)13(18)8-11/h2-3,8,10H,4-7,9H2,1H3,(H,19,20). The highest BCUT2D eigenvalue weighted by atomic mass is 79.9. The fourth-order valence-corrected chi connectivity index (χ4v) is 3.56. The van der Waals surface area contributed by atoms with Crippen LogP contribution in [0.5, 0.6) is 0 Å². The minimum absolute atomic E-state index is 0.0856. The minimum Gasteiger partial charge on any atom is -0.346 e. The van der Waals surface area contributed by atoms with Gasteiger partial charge in [-0.1, -0.05) is 46.1 Å². The molecule has 1 N–H and O–H groups in total. The smallest absolute Gasteiger partial charge is 0.251 e. The minimum atomic E-state index is -0.143. The molecule has 1 fully saturated rings. The number of hydrogen-bond donors (Lipinski definition) is 1. The van der Waals surface area contributed by atoms with E-state index in [4.69, 9.17) is 23.2 Å². The SMILES string of the molecule is CC1CCC(CBr)(NC(=O)c2ccc(Cl)c(Cl)c2)CC1. The largest absolute Gasteiger partial charge is 0.346 e. The Kier molecular flexibility index (Phi) is 5.38. The van der Waals surface area contributed by atoms with Crippen LogP contribution in [0, 0.1) is 5.92 Å². The Morgan fingerprint density at radius 1 is 1.35 bits per heavy atom. The molecule has 1 amide bonds. The number of hydrogen-bond acceptors (Lipinski definition) is 1. The van der Waals surface area contributed by atoms with Crippen LogP contribution in [-0.2, 0) is 0 Å². The molecule has 0 aliphatic heterocycles. The molecule has 5 heteroatoms. The van der Waals surface area contributed by atoms with Crippen LogP contribution in [0.1, 0.15) is 43.0 Å². The first-order valence-corrected chi connectivity index (χ1v) is 8.67. The van der Waals surface area contributed by atoms with Crippen LogP contribution in [-0.4, -0.2) is 16.8 Å². The molecule has 0 atom stereocenters. The van der Waals surface area contributed by atoms with E-state index in [0.29, 0.717) is 15.6 Å². The van der Waals surface area contributed by atoms with Gasteiger partial charge in [0.2, 0.25) is 0 Å². The third kappa shape index (κ3) is 3.69. The van der Waals surface area contributed by atoms with E-state index in [-0.39, 0.29) is 11.4 Å². The Morgan fingerprint density at radius 2 is 2.00 bits per heavy atom. The van der Waals surface area contributed by atoms with Crippen molar-refractivity contribution < 1.29 is 4.79 Å². The second kappa shape index (κ2) is 6.67.